The van der Waals surface area contributed by atoms with E-state index in [1.165, 1.54) is 0 Å². The summed E-state index contributed by atoms with van der Waals surface area (Å²) in [4.78, 5) is 8.90. The van der Waals surface area contributed by atoms with Crippen LogP contribution in [0.4, 0.5) is 5.95 Å². The highest BCUT2D eigenvalue weighted by Gasteiger charge is 2.17. The van der Waals surface area contributed by atoms with Gasteiger partial charge in [0.05, 0.1) is 12.2 Å². The summed E-state index contributed by atoms with van der Waals surface area (Å²) in [6.07, 6.45) is 0. The Morgan fingerprint density at radius 1 is 1.32 bits per heavy atom. The minimum absolute atomic E-state index is 0.519. The van der Waals surface area contributed by atoms with E-state index in [-0.39, 0.29) is 0 Å². The molecule has 0 saturated heterocycles. The molecule has 0 spiro atoms. The van der Waals surface area contributed by atoms with Crippen LogP contribution in [0, 0.1) is 13.8 Å². The molecule has 0 aromatic carbocycles. The SMILES string of the molecule is CCn1nc(C)c2nc(N)n(Cc3nc(C)cs3)c21. The third-order valence-electron chi connectivity index (χ3n) is 3.09. The number of aromatic nitrogens is 5. The van der Waals surface area contributed by atoms with E-state index in [1.54, 1.807) is 11.3 Å². The molecule has 100 valence electrons. The van der Waals surface area contributed by atoms with Gasteiger partial charge in [-0.2, -0.15) is 5.10 Å². The molecular formula is C12H16N6S. The van der Waals surface area contributed by atoms with Gasteiger partial charge in [0.1, 0.15) is 10.5 Å². The van der Waals surface area contributed by atoms with E-state index in [2.05, 4.69) is 22.0 Å². The minimum atomic E-state index is 0.519. The van der Waals surface area contributed by atoms with Gasteiger partial charge in [-0.3, -0.25) is 4.57 Å². The maximum Gasteiger partial charge on any atom is 0.202 e. The maximum atomic E-state index is 6.03. The van der Waals surface area contributed by atoms with Crippen molar-refractivity contribution in [2.75, 3.05) is 5.73 Å². The predicted molar refractivity (Wildman–Crippen MR) is 76.3 cm³/mol. The number of anilines is 1. The largest absolute Gasteiger partial charge is 0.369 e. The number of hydrogen-bond acceptors (Lipinski definition) is 5. The van der Waals surface area contributed by atoms with E-state index in [1.807, 2.05) is 28.5 Å². The number of hydrogen-bond donors (Lipinski definition) is 1. The smallest absolute Gasteiger partial charge is 0.202 e. The van der Waals surface area contributed by atoms with E-state index in [9.17, 15) is 0 Å². The van der Waals surface area contributed by atoms with Crippen LogP contribution in [0.15, 0.2) is 5.38 Å². The van der Waals surface area contributed by atoms with Gasteiger partial charge in [0.15, 0.2) is 5.65 Å². The lowest BCUT2D eigenvalue weighted by Gasteiger charge is -2.05. The highest BCUT2D eigenvalue weighted by atomic mass is 32.1. The van der Waals surface area contributed by atoms with Gasteiger partial charge in [0, 0.05) is 17.6 Å². The minimum Gasteiger partial charge on any atom is -0.369 e. The van der Waals surface area contributed by atoms with Crippen molar-refractivity contribution in [3.63, 3.8) is 0 Å². The second kappa shape index (κ2) is 4.34. The number of thiazole rings is 1. The van der Waals surface area contributed by atoms with Crippen LogP contribution < -0.4 is 5.73 Å². The van der Waals surface area contributed by atoms with Gasteiger partial charge >= 0.3 is 0 Å². The molecule has 19 heavy (non-hydrogen) atoms. The summed E-state index contributed by atoms with van der Waals surface area (Å²) in [6.45, 7) is 7.46. The topological polar surface area (TPSA) is 74.6 Å². The summed E-state index contributed by atoms with van der Waals surface area (Å²) in [7, 11) is 0. The standard InChI is InChI=1S/C12H16N6S/c1-4-18-11-10(8(3)16-18)15-12(13)17(11)5-9-14-7(2)6-19-9/h6H,4-5H2,1-3H3,(H2,13,15). The molecule has 3 rings (SSSR count). The first-order chi connectivity index (χ1) is 9.10. The number of imidazole rings is 1. The summed E-state index contributed by atoms with van der Waals surface area (Å²) in [6, 6.07) is 0. The molecule has 0 amide bonds. The molecule has 0 fully saturated rings. The third-order valence-corrected chi connectivity index (χ3v) is 4.04. The van der Waals surface area contributed by atoms with Gasteiger partial charge in [-0.1, -0.05) is 0 Å². The number of nitrogens with zero attached hydrogens (tertiary/aromatic N) is 5. The molecule has 0 atom stereocenters. The summed E-state index contributed by atoms with van der Waals surface area (Å²) in [5, 5.41) is 7.55. The molecule has 3 aromatic heterocycles. The fourth-order valence-electron chi connectivity index (χ4n) is 2.23. The van der Waals surface area contributed by atoms with Crippen LogP contribution in [-0.2, 0) is 13.1 Å². The fourth-order valence-corrected chi connectivity index (χ4v) is 2.99. The normalized spacial score (nSPS) is 11.5. The van der Waals surface area contributed by atoms with E-state index in [0.717, 1.165) is 34.1 Å². The summed E-state index contributed by atoms with van der Waals surface area (Å²) >= 11 is 1.64. The molecule has 7 heteroatoms. The lowest BCUT2D eigenvalue weighted by Crippen LogP contribution is -2.09. The lowest BCUT2D eigenvalue weighted by molar-refractivity contribution is 0.647. The molecule has 0 radical (unpaired) electrons. The van der Waals surface area contributed by atoms with Crippen molar-refractivity contribution >= 4 is 28.4 Å². The quantitative estimate of drug-likeness (QED) is 0.793. The van der Waals surface area contributed by atoms with Gasteiger partial charge in [0.25, 0.3) is 0 Å². The Morgan fingerprint density at radius 3 is 2.74 bits per heavy atom. The van der Waals surface area contributed by atoms with Crippen molar-refractivity contribution in [2.24, 2.45) is 0 Å². The van der Waals surface area contributed by atoms with Crippen molar-refractivity contribution < 1.29 is 0 Å². The van der Waals surface area contributed by atoms with Crippen LogP contribution in [0.2, 0.25) is 0 Å². The van der Waals surface area contributed by atoms with Gasteiger partial charge in [0.2, 0.25) is 5.95 Å². The molecule has 0 aliphatic rings. The average Bonchev–Trinajstić information content (AvgIpc) is 3.00. The highest BCUT2D eigenvalue weighted by molar-refractivity contribution is 7.09. The van der Waals surface area contributed by atoms with Crippen LogP contribution in [0.25, 0.3) is 11.2 Å². The predicted octanol–water partition coefficient (Wildman–Crippen LogP) is 1.96. The average molecular weight is 276 g/mol. The number of rotatable bonds is 3. The lowest BCUT2D eigenvalue weighted by atomic mass is 10.4. The van der Waals surface area contributed by atoms with Gasteiger partial charge in [-0.25, -0.2) is 14.6 Å². The first-order valence-corrected chi connectivity index (χ1v) is 7.08. The third kappa shape index (κ3) is 1.90. The van der Waals surface area contributed by atoms with Crippen molar-refractivity contribution in [2.45, 2.75) is 33.9 Å². The second-order valence-corrected chi connectivity index (χ2v) is 5.45. The van der Waals surface area contributed by atoms with E-state index >= 15 is 0 Å². The molecule has 3 aromatic rings. The first-order valence-electron chi connectivity index (χ1n) is 6.20. The fraction of sp³-hybridized carbons (Fsp3) is 0.417. The van der Waals surface area contributed by atoms with Crippen LogP contribution in [-0.4, -0.2) is 24.3 Å². The number of fused-ring (bicyclic) bond motifs is 1. The summed E-state index contributed by atoms with van der Waals surface area (Å²) in [5.74, 6) is 0.519. The van der Waals surface area contributed by atoms with E-state index in [0.29, 0.717) is 12.5 Å². The monoisotopic (exact) mass is 276 g/mol. The summed E-state index contributed by atoms with van der Waals surface area (Å²) < 4.78 is 3.92. The van der Waals surface area contributed by atoms with Crippen LogP contribution in [0.1, 0.15) is 23.3 Å². The number of aryl methyl sites for hydroxylation is 3. The first kappa shape index (κ1) is 12.2. The zero-order valence-corrected chi connectivity index (χ0v) is 12.0. The van der Waals surface area contributed by atoms with Crippen LogP contribution in [0.3, 0.4) is 0 Å². The molecule has 6 nitrogen and oxygen atoms in total. The Bertz CT molecular complexity index is 735. The molecule has 0 bridgehead atoms. The Hall–Kier alpha value is -1.89. The van der Waals surface area contributed by atoms with Gasteiger partial charge in [-0.15, -0.1) is 11.3 Å². The van der Waals surface area contributed by atoms with E-state index in [4.69, 9.17) is 5.73 Å². The van der Waals surface area contributed by atoms with Crippen molar-refractivity contribution in [3.8, 4) is 0 Å². The number of nitrogen functional groups attached to an aromatic ring is 1. The Balaban J connectivity index is 2.14. The van der Waals surface area contributed by atoms with Gasteiger partial charge < -0.3 is 5.73 Å². The second-order valence-electron chi connectivity index (χ2n) is 4.51. The van der Waals surface area contributed by atoms with Crippen molar-refractivity contribution in [1.82, 2.24) is 24.3 Å². The molecule has 3 heterocycles. The highest BCUT2D eigenvalue weighted by Crippen LogP contribution is 2.23. The zero-order valence-electron chi connectivity index (χ0n) is 11.2. The molecule has 0 unspecified atom stereocenters. The molecule has 2 N–H and O–H groups in total. The molecule has 0 aliphatic carbocycles. The van der Waals surface area contributed by atoms with Crippen LogP contribution >= 0.6 is 11.3 Å². The molecule has 0 saturated carbocycles. The molecule has 0 aliphatic heterocycles. The zero-order chi connectivity index (χ0) is 13.6. The maximum absolute atomic E-state index is 6.03. The van der Waals surface area contributed by atoms with E-state index < -0.39 is 0 Å². The number of nitrogens with two attached hydrogens (primary N) is 1. The Labute approximate surface area is 114 Å². The Morgan fingerprint density at radius 2 is 2.11 bits per heavy atom. The van der Waals surface area contributed by atoms with Crippen molar-refractivity contribution in [1.29, 1.82) is 0 Å². The van der Waals surface area contributed by atoms with Crippen LogP contribution in [0.5, 0.6) is 0 Å². The van der Waals surface area contributed by atoms with Crippen molar-refractivity contribution in [3.05, 3.63) is 21.8 Å². The molecular weight excluding hydrogens is 260 g/mol. The van der Waals surface area contributed by atoms with Gasteiger partial charge in [-0.05, 0) is 20.8 Å². The summed E-state index contributed by atoms with van der Waals surface area (Å²) in [5.41, 5.74) is 9.84. The Kier molecular flexibility index (Phi) is 2.78.